The molecule has 0 aliphatic heterocycles. The molecule has 1 amide bonds. The Balaban J connectivity index is 2.67. The summed E-state index contributed by atoms with van der Waals surface area (Å²) in [6.45, 7) is 5.81. The zero-order valence-corrected chi connectivity index (χ0v) is 14.6. The quantitative estimate of drug-likeness (QED) is 0.381. The fraction of sp³-hybridized carbons (Fsp3) is 0.474. The molecule has 0 unspecified atom stereocenters. The summed E-state index contributed by atoms with van der Waals surface area (Å²) >= 11 is 0. The van der Waals surface area contributed by atoms with Gasteiger partial charge in [-0.2, -0.15) is 0 Å². The van der Waals surface area contributed by atoms with Gasteiger partial charge in [-0.3, -0.25) is 9.59 Å². The van der Waals surface area contributed by atoms with Crippen molar-refractivity contribution in [3.05, 3.63) is 48.0 Å². The Hall–Kier alpha value is -2.14. The Morgan fingerprint density at radius 3 is 2.46 bits per heavy atom. The number of allylic oxidation sites excluding steroid dienone is 1. The smallest absolute Gasteiger partial charge is 0.306 e. The molecule has 0 aliphatic rings. The van der Waals surface area contributed by atoms with Crippen molar-refractivity contribution in [2.24, 2.45) is 0 Å². The average Bonchev–Trinajstić information content (AvgIpc) is 2.60. The summed E-state index contributed by atoms with van der Waals surface area (Å²) in [6, 6.07) is 8.28. The molecule has 5 nitrogen and oxygen atoms in total. The second-order valence-electron chi connectivity index (χ2n) is 5.74. The zero-order chi connectivity index (χ0) is 17.8. The highest BCUT2D eigenvalue weighted by molar-refractivity contribution is 5.81. The van der Waals surface area contributed by atoms with Crippen molar-refractivity contribution in [1.29, 1.82) is 0 Å². The maximum Gasteiger partial charge on any atom is 0.306 e. The van der Waals surface area contributed by atoms with Crippen LogP contribution in [0.4, 0.5) is 0 Å². The van der Waals surface area contributed by atoms with Gasteiger partial charge < -0.3 is 15.4 Å². The van der Waals surface area contributed by atoms with Gasteiger partial charge in [0.1, 0.15) is 0 Å². The predicted octanol–water partition coefficient (Wildman–Crippen LogP) is 1.72. The lowest BCUT2D eigenvalue weighted by Gasteiger charge is -2.23. The van der Waals surface area contributed by atoms with Crippen molar-refractivity contribution in [3.63, 3.8) is 0 Å². The molecule has 0 aliphatic carbocycles. The number of carbonyl (C=O) groups is 2. The summed E-state index contributed by atoms with van der Waals surface area (Å²) in [7, 11) is 1.34. The largest absolute Gasteiger partial charge is 0.469 e. The maximum absolute atomic E-state index is 12.4. The lowest BCUT2D eigenvalue weighted by Crippen LogP contribution is -2.51. The van der Waals surface area contributed by atoms with E-state index in [1.165, 1.54) is 12.7 Å². The molecule has 0 spiro atoms. The molecule has 24 heavy (non-hydrogen) atoms. The Morgan fingerprint density at radius 1 is 1.21 bits per heavy atom. The number of ether oxygens (including phenoxy) is 1. The van der Waals surface area contributed by atoms with Crippen LogP contribution in [0.15, 0.2) is 36.9 Å². The lowest BCUT2D eigenvalue weighted by molar-refractivity contribution is -0.366. The summed E-state index contributed by atoms with van der Waals surface area (Å²) in [4.78, 5) is 25.5. The number of quaternary nitrogens is 1. The number of amides is 1. The molecule has 0 fully saturated rings. The number of esters is 1. The van der Waals surface area contributed by atoms with E-state index in [9.17, 15) is 9.59 Å². The van der Waals surface area contributed by atoms with Crippen molar-refractivity contribution in [2.75, 3.05) is 20.2 Å². The van der Waals surface area contributed by atoms with Crippen molar-refractivity contribution < 1.29 is 20.1 Å². The van der Waals surface area contributed by atoms with Gasteiger partial charge in [0.15, 0.2) is 0 Å². The predicted molar refractivity (Wildman–Crippen MR) is 94.0 cm³/mol. The Labute approximate surface area is 144 Å². The topological polar surface area (TPSA) is 74.3 Å². The minimum atomic E-state index is -0.355. The van der Waals surface area contributed by atoms with E-state index in [1.54, 1.807) is 0 Å². The van der Waals surface area contributed by atoms with Crippen LogP contribution in [0.3, 0.4) is 0 Å². The van der Waals surface area contributed by atoms with Crippen LogP contribution in [0.25, 0.3) is 0 Å². The minimum Gasteiger partial charge on any atom is -0.469 e. The molecule has 5 heteroatoms. The van der Waals surface area contributed by atoms with E-state index in [2.05, 4.69) is 41.3 Å². The Kier molecular flexibility index (Phi) is 9.46. The molecule has 1 aromatic rings. The maximum atomic E-state index is 12.4. The van der Waals surface area contributed by atoms with Gasteiger partial charge in [-0.05, 0) is 24.0 Å². The SMILES string of the molecule is C=CCCCN(Cc1ccc(CC[NH3+])cc1)C(=O)CCC(=O)OC. The number of nitrogens with zero attached hydrogens (tertiary/aromatic N) is 1. The van der Waals surface area contributed by atoms with Crippen molar-refractivity contribution in [3.8, 4) is 0 Å². The molecule has 1 aromatic carbocycles. The summed E-state index contributed by atoms with van der Waals surface area (Å²) in [5.41, 5.74) is 6.20. The van der Waals surface area contributed by atoms with E-state index >= 15 is 0 Å². The van der Waals surface area contributed by atoms with E-state index in [0.717, 1.165) is 31.4 Å². The summed E-state index contributed by atoms with van der Waals surface area (Å²) < 4.78 is 4.61. The van der Waals surface area contributed by atoms with Gasteiger partial charge in [-0.25, -0.2) is 0 Å². The highest BCUT2D eigenvalue weighted by Crippen LogP contribution is 2.11. The number of hydrogen-bond acceptors (Lipinski definition) is 3. The monoisotopic (exact) mass is 333 g/mol. The zero-order valence-electron chi connectivity index (χ0n) is 14.6. The number of benzene rings is 1. The van der Waals surface area contributed by atoms with E-state index in [1.807, 2.05) is 11.0 Å². The van der Waals surface area contributed by atoms with Gasteiger partial charge in [0, 0.05) is 25.9 Å². The fourth-order valence-corrected chi connectivity index (χ4v) is 2.42. The summed E-state index contributed by atoms with van der Waals surface area (Å²) in [6.07, 6.45) is 4.85. The molecule has 0 saturated heterocycles. The van der Waals surface area contributed by atoms with Gasteiger partial charge in [0.25, 0.3) is 0 Å². The van der Waals surface area contributed by atoms with Gasteiger partial charge >= 0.3 is 5.97 Å². The number of carbonyl (C=O) groups excluding carboxylic acids is 2. The first-order valence-corrected chi connectivity index (χ1v) is 8.43. The van der Waals surface area contributed by atoms with Crippen LogP contribution >= 0.6 is 0 Å². The van der Waals surface area contributed by atoms with E-state index in [-0.39, 0.29) is 24.7 Å². The molecule has 0 bridgehead atoms. The minimum absolute atomic E-state index is 0.0219. The molecular formula is C19H29N2O3+. The molecule has 3 N–H and O–H groups in total. The number of unbranched alkanes of at least 4 members (excludes halogenated alkanes) is 1. The average molecular weight is 333 g/mol. The molecule has 0 heterocycles. The van der Waals surface area contributed by atoms with Crippen LogP contribution in [0.5, 0.6) is 0 Å². The van der Waals surface area contributed by atoms with E-state index < -0.39 is 0 Å². The normalized spacial score (nSPS) is 10.2. The van der Waals surface area contributed by atoms with Crippen LogP contribution in [-0.2, 0) is 27.3 Å². The van der Waals surface area contributed by atoms with Gasteiger partial charge in [-0.1, -0.05) is 30.3 Å². The summed E-state index contributed by atoms with van der Waals surface area (Å²) in [5.74, 6) is -0.377. The van der Waals surface area contributed by atoms with Crippen molar-refractivity contribution in [1.82, 2.24) is 4.90 Å². The second kappa shape index (κ2) is 11.4. The molecular weight excluding hydrogens is 304 g/mol. The van der Waals surface area contributed by atoms with Crippen LogP contribution < -0.4 is 5.73 Å². The lowest BCUT2D eigenvalue weighted by atomic mass is 10.1. The van der Waals surface area contributed by atoms with Gasteiger partial charge in [-0.15, -0.1) is 6.58 Å². The first-order chi connectivity index (χ1) is 11.6. The van der Waals surface area contributed by atoms with E-state index in [0.29, 0.717) is 13.1 Å². The third-order valence-corrected chi connectivity index (χ3v) is 3.82. The fourth-order valence-electron chi connectivity index (χ4n) is 2.42. The third-order valence-electron chi connectivity index (χ3n) is 3.82. The first kappa shape index (κ1) is 19.9. The van der Waals surface area contributed by atoms with Gasteiger partial charge in [0.05, 0.1) is 20.1 Å². The van der Waals surface area contributed by atoms with Crippen LogP contribution in [0, 0.1) is 0 Å². The van der Waals surface area contributed by atoms with Crippen molar-refractivity contribution >= 4 is 11.9 Å². The van der Waals surface area contributed by atoms with E-state index in [4.69, 9.17) is 0 Å². The Bertz CT molecular complexity index is 526. The van der Waals surface area contributed by atoms with Crippen LogP contribution in [0.2, 0.25) is 0 Å². The first-order valence-electron chi connectivity index (χ1n) is 8.43. The molecule has 0 aromatic heterocycles. The van der Waals surface area contributed by atoms with Gasteiger partial charge in [0.2, 0.25) is 5.91 Å². The number of rotatable bonds is 11. The number of methoxy groups -OCH3 is 1. The molecule has 0 atom stereocenters. The Morgan fingerprint density at radius 2 is 1.88 bits per heavy atom. The highest BCUT2D eigenvalue weighted by atomic mass is 16.5. The van der Waals surface area contributed by atoms with Crippen LogP contribution in [0.1, 0.15) is 36.8 Å². The standard InChI is InChI=1S/C19H28N2O3/c1-3-4-5-14-21(18(22)10-11-19(23)24-2)15-17-8-6-16(7-9-17)12-13-20/h3,6-9H,1,4-5,10-15,20H2,2H3/p+1. The third kappa shape index (κ3) is 7.42. The second-order valence-corrected chi connectivity index (χ2v) is 5.74. The van der Waals surface area contributed by atoms with Crippen molar-refractivity contribution in [2.45, 2.75) is 38.6 Å². The molecule has 0 radical (unpaired) electrons. The number of hydrogen-bond donors (Lipinski definition) is 1. The van der Waals surface area contributed by atoms with Crippen LogP contribution in [-0.4, -0.2) is 37.0 Å². The highest BCUT2D eigenvalue weighted by Gasteiger charge is 2.15. The molecule has 1 rings (SSSR count). The molecule has 0 saturated carbocycles. The molecule has 132 valence electrons. The summed E-state index contributed by atoms with van der Waals surface area (Å²) in [5, 5.41) is 0.